The van der Waals surface area contributed by atoms with Gasteiger partial charge in [-0.05, 0) is 25.2 Å². The van der Waals surface area contributed by atoms with Gasteiger partial charge in [0.1, 0.15) is 0 Å². The summed E-state index contributed by atoms with van der Waals surface area (Å²) in [5.74, 6) is -2.34. The average Bonchev–Trinajstić information content (AvgIpc) is 2.28. The highest BCUT2D eigenvalue weighted by Gasteiger charge is 2.34. The second-order valence-electron chi connectivity index (χ2n) is 4.67. The molecule has 1 rings (SSSR count). The Morgan fingerprint density at radius 1 is 1.41 bits per heavy atom. The molecule has 17 heavy (non-hydrogen) atoms. The standard InChI is InChI=1S/C12H21F2NO2/c1-2-3-8-17-11(16)15-9-10-4-6-12(13,14)7-5-10/h10H,2-9H2,1H3,(H,15,16). The van der Waals surface area contributed by atoms with Crippen molar-refractivity contribution in [2.45, 2.75) is 51.4 Å². The Kier molecular flexibility index (Phi) is 5.65. The topological polar surface area (TPSA) is 38.3 Å². The number of unbranched alkanes of at least 4 members (excludes halogenated alkanes) is 1. The number of halogens is 2. The summed E-state index contributed by atoms with van der Waals surface area (Å²) in [6, 6.07) is 0. The monoisotopic (exact) mass is 249 g/mol. The van der Waals surface area contributed by atoms with Gasteiger partial charge >= 0.3 is 6.09 Å². The van der Waals surface area contributed by atoms with E-state index in [0.717, 1.165) is 12.8 Å². The predicted molar refractivity (Wildman–Crippen MR) is 61.2 cm³/mol. The minimum atomic E-state index is -2.50. The molecule has 1 aliphatic carbocycles. The van der Waals surface area contributed by atoms with Gasteiger partial charge in [0.2, 0.25) is 5.92 Å². The minimum Gasteiger partial charge on any atom is -0.450 e. The summed E-state index contributed by atoms with van der Waals surface area (Å²) in [7, 11) is 0. The zero-order valence-corrected chi connectivity index (χ0v) is 10.3. The lowest BCUT2D eigenvalue weighted by molar-refractivity contribution is -0.0453. The van der Waals surface area contributed by atoms with E-state index in [1.165, 1.54) is 0 Å². The maximum Gasteiger partial charge on any atom is 0.407 e. The maximum atomic E-state index is 12.9. The molecule has 0 atom stereocenters. The molecule has 3 nitrogen and oxygen atoms in total. The molecule has 1 fully saturated rings. The van der Waals surface area contributed by atoms with Crippen molar-refractivity contribution < 1.29 is 18.3 Å². The summed E-state index contributed by atoms with van der Waals surface area (Å²) in [5.41, 5.74) is 0. The van der Waals surface area contributed by atoms with Crippen molar-refractivity contribution in [1.82, 2.24) is 5.32 Å². The average molecular weight is 249 g/mol. The number of amides is 1. The largest absolute Gasteiger partial charge is 0.450 e. The highest BCUT2D eigenvalue weighted by molar-refractivity contribution is 5.67. The van der Waals surface area contributed by atoms with Crippen LogP contribution >= 0.6 is 0 Å². The van der Waals surface area contributed by atoms with Crippen LogP contribution in [0.25, 0.3) is 0 Å². The van der Waals surface area contributed by atoms with E-state index in [4.69, 9.17) is 4.74 Å². The van der Waals surface area contributed by atoms with E-state index in [-0.39, 0.29) is 18.8 Å². The van der Waals surface area contributed by atoms with Gasteiger partial charge in [-0.3, -0.25) is 0 Å². The lowest BCUT2D eigenvalue weighted by atomic mass is 9.87. The van der Waals surface area contributed by atoms with Crippen molar-refractivity contribution in [2.75, 3.05) is 13.2 Å². The summed E-state index contributed by atoms with van der Waals surface area (Å²) in [5, 5.41) is 2.63. The molecule has 0 saturated heterocycles. The van der Waals surface area contributed by atoms with Gasteiger partial charge in [-0.25, -0.2) is 13.6 Å². The van der Waals surface area contributed by atoms with Crippen LogP contribution in [-0.2, 0) is 4.74 Å². The smallest absolute Gasteiger partial charge is 0.407 e. The fraction of sp³-hybridized carbons (Fsp3) is 0.917. The molecule has 5 heteroatoms. The number of alkyl halides is 2. The highest BCUT2D eigenvalue weighted by Crippen LogP contribution is 2.35. The van der Waals surface area contributed by atoms with Gasteiger partial charge in [0, 0.05) is 19.4 Å². The van der Waals surface area contributed by atoms with Crippen molar-refractivity contribution in [3.05, 3.63) is 0 Å². The Morgan fingerprint density at radius 3 is 2.65 bits per heavy atom. The third-order valence-corrected chi connectivity index (χ3v) is 3.10. The van der Waals surface area contributed by atoms with Crippen LogP contribution in [0.15, 0.2) is 0 Å². The normalized spacial score (nSPS) is 19.9. The van der Waals surface area contributed by atoms with E-state index in [1.807, 2.05) is 6.92 Å². The molecule has 0 radical (unpaired) electrons. The molecule has 1 amide bonds. The number of hydrogen-bond acceptors (Lipinski definition) is 2. The van der Waals surface area contributed by atoms with Gasteiger partial charge in [0.05, 0.1) is 6.61 Å². The number of hydrogen-bond donors (Lipinski definition) is 1. The molecule has 0 bridgehead atoms. The maximum absolute atomic E-state index is 12.9. The number of nitrogens with one attached hydrogen (secondary N) is 1. The Balaban J connectivity index is 2.09. The first-order chi connectivity index (χ1) is 8.03. The van der Waals surface area contributed by atoms with Crippen molar-refractivity contribution in [2.24, 2.45) is 5.92 Å². The van der Waals surface area contributed by atoms with Crippen molar-refractivity contribution >= 4 is 6.09 Å². The summed E-state index contributed by atoms with van der Waals surface area (Å²) in [6.45, 7) is 2.88. The van der Waals surface area contributed by atoms with Crippen LogP contribution in [0.4, 0.5) is 13.6 Å². The number of carbonyl (C=O) groups excluding carboxylic acids is 1. The van der Waals surface area contributed by atoms with Crippen molar-refractivity contribution in [1.29, 1.82) is 0 Å². The van der Waals surface area contributed by atoms with Gasteiger partial charge in [-0.15, -0.1) is 0 Å². The van der Waals surface area contributed by atoms with E-state index >= 15 is 0 Å². The Labute approximate surface area is 101 Å². The third-order valence-electron chi connectivity index (χ3n) is 3.10. The van der Waals surface area contributed by atoms with Crippen LogP contribution < -0.4 is 5.32 Å². The van der Waals surface area contributed by atoms with E-state index in [1.54, 1.807) is 0 Å². The molecular formula is C12H21F2NO2. The summed E-state index contributed by atoms with van der Waals surface area (Å²) < 4.78 is 30.7. The van der Waals surface area contributed by atoms with Crippen LogP contribution in [0.2, 0.25) is 0 Å². The molecule has 1 aliphatic rings. The van der Waals surface area contributed by atoms with E-state index < -0.39 is 12.0 Å². The van der Waals surface area contributed by atoms with E-state index in [9.17, 15) is 13.6 Å². The zero-order valence-electron chi connectivity index (χ0n) is 10.3. The summed E-state index contributed by atoms with van der Waals surface area (Å²) in [4.78, 5) is 11.2. The zero-order chi connectivity index (χ0) is 12.7. The van der Waals surface area contributed by atoms with Crippen molar-refractivity contribution in [3.8, 4) is 0 Å². The molecule has 1 saturated carbocycles. The van der Waals surface area contributed by atoms with Crippen LogP contribution in [0, 0.1) is 5.92 Å². The number of ether oxygens (including phenoxy) is 1. The molecule has 0 heterocycles. The van der Waals surface area contributed by atoms with Crippen LogP contribution in [0.3, 0.4) is 0 Å². The fourth-order valence-corrected chi connectivity index (χ4v) is 1.89. The Hall–Kier alpha value is -0.870. The quantitative estimate of drug-likeness (QED) is 0.759. The molecule has 0 unspecified atom stereocenters. The minimum absolute atomic E-state index is 0.0652. The molecular weight excluding hydrogens is 228 g/mol. The first-order valence-electron chi connectivity index (χ1n) is 6.32. The molecule has 1 N–H and O–H groups in total. The van der Waals surface area contributed by atoms with Gasteiger partial charge in [-0.2, -0.15) is 0 Å². The Morgan fingerprint density at radius 2 is 2.06 bits per heavy atom. The van der Waals surface area contributed by atoms with Gasteiger partial charge in [0.25, 0.3) is 0 Å². The second-order valence-corrected chi connectivity index (χ2v) is 4.67. The fourth-order valence-electron chi connectivity index (χ4n) is 1.89. The Bertz CT molecular complexity index is 237. The second kappa shape index (κ2) is 6.77. The first-order valence-corrected chi connectivity index (χ1v) is 6.32. The number of carbonyl (C=O) groups is 1. The lowest BCUT2D eigenvalue weighted by Crippen LogP contribution is -2.34. The molecule has 0 spiro atoms. The number of rotatable bonds is 5. The molecule has 0 aliphatic heterocycles. The molecule has 0 aromatic rings. The predicted octanol–water partition coefficient (Wildman–Crippen LogP) is 3.34. The van der Waals surface area contributed by atoms with Gasteiger partial charge in [0.15, 0.2) is 0 Å². The van der Waals surface area contributed by atoms with Gasteiger partial charge in [-0.1, -0.05) is 13.3 Å². The molecule has 100 valence electrons. The van der Waals surface area contributed by atoms with E-state index in [2.05, 4.69) is 5.32 Å². The third kappa shape index (κ3) is 5.84. The molecule has 0 aromatic heterocycles. The first kappa shape index (κ1) is 14.2. The number of alkyl carbamates (subject to hydrolysis) is 1. The van der Waals surface area contributed by atoms with Gasteiger partial charge < -0.3 is 10.1 Å². The summed E-state index contributed by atoms with van der Waals surface area (Å²) >= 11 is 0. The van der Waals surface area contributed by atoms with Crippen LogP contribution in [0.1, 0.15) is 45.4 Å². The van der Waals surface area contributed by atoms with Crippen LogP contribution in [0.5, 0.6) is 0 Å². The summed E-state index contributed by atoms with van der Waals surface area (Å²) in [6.07, 6.45) is 2.21. The van der Waals surface area contributed by atoms with Crippen LogP contribution in [-0.4, -0.2) is 25.2 Å². The molecule has 0 aromatic carbocycles. The van der Waals surface area contributed by atoms with E-state index in [0.29, 0.717) is 26.0 Å². The lowest BCUT2D eigenvalue weighted by Gasteiger charge is -2.28. The SMILES string of the molecule is CCCCOC(=O)NCC1CCC(F)(F)CC1. The van der Waals surface area contributed by atoms with Crippen molar-refractivity contribution in [3.63, 3.8) is 0 Å². The highest BCUT2D eigenvalue weighted by atomic mass is 19.3.